The summed E-state index contributed by atoms with van der Waals surface area (Å²) in [5, 5.41) is 2.11. The predicted molar refractivity (Wildman–Crippen MR) is 160 cm³/mol. The van der Waals surface area contributed by atoms with E-state index in [1.165, 1.54) is 31.3 Å². The lowest BCUT2D eigenvalue weighted by atomic mass is 10.1. The summed E-state index contributed by atoms with van der Waals surface area (Å²) >= 11 is 1.03. The molecule has 0 radical (unpaired) electrons. The average molecular weight is 616 g/mol. The number of benzene rings is 3. The minimum absolute atomic E-state index is 0.0185. The molecule has 0 saturated carbocycles. The Labute approximate surface area is 252 Å². The normalized spacial score (nSPS) is 16.2. The van der Waals surface area contributed by atoms with Gasteiger partial charge in [0.2, 0.25) is 11.8 Å². The second-order valence-corrected chi connectivity index (χ2v) is 10.8. The van der Waals surface area contributed by atoms with Gasteiger partial charge in [0.15, 0.2) is 16.7 Å². The Morgan fingerprint density at radius 1 is 1.05 bits per heavy atom. The Morgan fingerprint density at radius 3 is 2.47 bits per heavy atom. The smallest absolute Gasteiger partial charge is 0.416 e. The summed E-state index contributed by atoms with van der Waals surface area (Å²) in [5.74, 6) is 0.964. The number of methoxy groups -OCH3 is 2. The number of rotatable bonds is 11. The molecule has 3 aromatic rings. The molecule has 2 amide bonds. The molecule has 0 bridgehead atoms. The van der Waals surface area contributed by atoms with Gasteiger partial charge < -0.3 is 19.5 Å². The van der Waals surface area contributed by atoms with E-state index in [0.717, 1.165) is 35.9 Å². The van der Waals surface area contributed by atoms with Crippen molar-refractivity contribution in [2.24, 2.45) is 4.99 Å². The molecular weight excluding hydrogens is 583 g/mol. The molecule has 1 fully saturated rings. The molecule has 0 spiro atoms. The molecule has 1 saturated heterocycles. The van der Waals surface area contributed by atoms with Crippen LogP contribution in [0.3, 0.4) is 0 Å². The number of alkyl halides is 3. The number of amidine groups is 1. The van der Waals surface area contributed by atoms with Crippen molar-refractivity contribution in [1.29, 1.82) is 0 Å². The van der Waals surface area contributed by atoms with Gasteiger partial charge in [0, 0.05) is 18.7 Å². The van der Waals surface area contributed by atoms with Crippen LogP contribution in [0.1, 0.15) is 30.9 Å². The van der Waals surface area contributed by atoms with Crippen LogP contribution >= 0.6 is 11.8 Å². The topological polar surface area (TPSA) is 89.5 Å². The van der Waals surface area contributed by atoms with Crippen molar-refractivity contribution in [2.75, 3.05) is 32.7 Å². The van der Waals surface area contributed by atoms with Crippen molar-refractivity contribution in [3.63, 3.8) is 0 Å². The Morgan fingerprint density at radius 2 is 1.79 bits per heavy atom. The molecule has 43 heavy (non-hydrogen) atoms. The maximum Gasteiger partial charge on any atom is 0.416 e. The highest BCUT2D eigenvalue weighted by Crippen LogP contribution is 2.34. The molecule has 4 rings (SSSR count). The van der Waals surface area contributed by atoms with Crippen molar-refractivity contribution in [2.45, 2.75) is 37.6 Å². The van der Waals surface area contributed by atoms with Gasteiger partial charge >= 0.3 is 6.18 Å². The Balaban J connectivity index is 1.56. The lowest BCUT2D eigenvalue weighted by Crippen LogP contribution is -2.46. The molecule has 12 heteroatoms. The SMILES string of the molecule is CCCOc1ccc(NC(=O)C2CC(=O)N(CCc3ccc(OC)c(OC)c3)C(=Nc3cccc(C(F)(F)F)c3)S2)cc1. The standard InChI is InChI=1S/C31H32F3N3O5S/c1-4-16-42-24-11-9-22(10-12-24)35-29(39)27-19-28(38)37(15-14-20-8-13-25(40-2)26(17-20)41-3)30(43-27)36-23-7-5-6-21(18-23)31(32,33)34/h5-13,17-18,27H,4,14-16,19H2,1-3H3,(H,35,39). The van der Waals surface area contributed by atoms with Crippen LogP contribution in [0.25, 0.3) is 0 Å². The summed E-state index contributed by atoms with van der Waals surface area (Å²) in [7, 11) is 3.05. The molecule has 1 atom stereocenters. The number of hydrogen-bond acceptors (Lipinski definition) is 7. The van der Waals surface area contributed by atoms with Gasteiger partial charge in [-0.15, -0.1) is 0 Å². The molecule has 1 unspecified atom stereocenters. The number of nitrogens with one attached hydrogen (secondary N) is 1. The number of carbonyl (C=O) groups excluding carboxylic acids is 2. The summed E-state index contributed by atoms with van der Waals surface area (Å²) in [6, 6.07) is 16.8. The first-order valence-corrected chi connectivity index (χ1v) is 14.5. The van der Waals surface area contributed by atoms with Gasteiger partial charge in [-0.05, 0) is 73.0 Å². The van der Waals surface area contributed by atoms with Crippen molar-refractivity contribution >= 4 is 40.1 Å². The lowest BCUT2D eigenvalue weighted by molar-refractivity contribution is -0.137. The van der Waals surface area contributed by atoms with Gasteiger partial charge in [0.25, 0.3) is 0 Å². The number of aliphatic imine (C=N–C) groups is 1. The van der Waals surface area contributed by atoms with Crippen molar-refractivity contribution in [1.82, 2.24) is 4.90 Å². The molecule has 1 N–H and O–H groups in total. The van der Waals surface area contributed by atoms with E-state index < -0.39 is 22.9 Å². The summed E-state index contributed by atoms with van der Waals surface area (Å²) in [6.45, 7) is 2.76. The molecule has 1 aliphatic rings. The van der Waals surface area contributed by atoms with E-state index >= 15 is 0 Å². The first-order valence-electron chi connectivity index (χ1n) is 13.6. The van der Waals surface area contributed by atoms with Crippen LogP contribution < -0.4 is 19.5 Å². The minimum Gasteiger partial charge on any atom is -0.494 e. The van der Waals surface area contributed by atoms with E-state index in [0.29, 0.717) is 36.0 Å². The average Bonchev–Trinajstić information content (AvgIpc) is 2.99. The van der Waals surface area contributed by atoms with Gasteiger partial charge in [-0.3, -0.25) is 14.5 Å². The molecule has 0 aromatic heterocycles. The Hall–Kier alpha value is -4.19. The van der Waals surface area contributed by atoms with E-state index in [4.69, 9.17) is 14.2 Å². The number of anilines is 1. The van der Waals surface area contributed by atoms with Crippen molar-refractivity contribution in [3.8, 4) is 17.2 Å². The molecule has 8 nitrogen and oxygen atoms in total. The van der Waals surface area contributed by atoms with Crippen LogP contribution in [0.2, 0.25) is 0 Å². The van der Waals surface area contributed by atoms with E-state index in [2.05, 4.69) is 10.3 Å². The van der Waals surface area contributed by atoms with Gasteiger partial charge in [-0.2, -0.15) is 13.2 Å². The van der Waals surface area contributed by atoms with E-state index in [1.807, 2.05) is 13.0 Å². The lowest BCUT2D eigenvalue weighted by Gasteiger charge is -2.32. The van der Waals surface area contributed by atoms with Gasteiger partial charge in [0.05, 0.1) is 32.1 Å². The highest BCUT2D eigenvalue weighted by Gasteiger charge is 2.36. The zero-order chi connectivity index (χ0) is 31.0. The number of nitrogens with zero attached hydrogens (tertiary/aromatic N) is 2. The molecule has 228 valence electrons. The van der Waals surface area contributed by atoms with Gasteiger partial charge in [-0.1, -0.05) is 30.8 Å². The minimum atomic E-state index is -4.56. The van der Waals surface area contributed by atoms with Crippen molar-refractivity contribution in [3.05, 3.63) is 77.9 Å². The largest absolute Gasteiger partial charge is 0.494 e. The number of thioether (sulfide) groups is 1. The predicted octanol–water partition coefficient (Wildman–Crippen LogP) is 6.71. The van der Waals surface area contributed by atoms with Crippen LogP contribution in [0, 0.1) is 0 Å². The molecular formula is C31H32F3N3O5S. The highest BCUT2D eigenvalue weighted by atomic mass is 32.2. The Kier molecular flexibility index (Phi) is 10.6. The van der Waals surface area contributed by atoms with Crippen LogP contribution in [-0.2, 0) is 22.2 Å². The first-order chi connectivity index (χ1) is 20.6. The summed E-state index contributed by atoms with van der Waals surface area (Å²) in [6.07, 6.45) is -3.40. The molecule has 3 aromatic carbocycles. The number of halogens is 3. The fraction of sp³-hybridized carbons (Fsp3) is 0.323. The van der Waals surface area contributed by atoms with E-state index in [-0.39, 0.29) is 29.7 Å². The summed E-state index contributed by atoms with van der Waals surface area (Å²) in [5.41, 5.74) is 0.526. The number of amides is 2. The quantitative estimate of drug-likeness (QED) is 0.258. The third-order valence-corrected chi connectivity index (χ3v) is 7.68. The number of ether oxygens (including phenoxy) is 3. The van der Waals surface area contributed by atoms with Gasteiger partial charge in [-0.25, -0.2) is 4.99 Å². The zero-order valence-corrected chi connectivity index (χ0v) is 24.8. The maximum atomic E-state index is 13.4. The fourth-order valence-corrected chi connectivity index (χ4v) is 5.40. The number of carbonyl (C=O) groups is 2. The molecule has 1 aliphatic heterocycles. The second-order valence-electron chi connectivity index (χ2n) is 9.60. The molecule has 0 aliphatic carbocycles. The maximum absolute atomic E-state index is 13.4. The first kappa shape index (κ1) is 31.7. The second kappa shape index (κ2) is 14.3. The van der Waals surface area contributed by atoms with Crippen LogP contribution in [-0.4, -0.2) is 54.5 Å². The third kappa shape index (κ3) is 8.44. The van der Waals surface area contributed by atoms with Crippen LogP contribution in [0.15, 0.2) is 71.7 Å². The van der Waals surface area contributed by atoms with E-state index in [9.17, 15) is 22.8 Å². The monoisotopic (exact) mass is 615 g/mol. The van der Waals surface area contributed by atoms with Crippen LogP contribution in [0.5, 0.6) is 17.2 Å². The third-order valence-electron chi connectivity index (χ3n) is 6.50. The van der Waals surface area contributed by atoms with Gasteiger partial charge in [0.1, 0.15) is 11.0 Å². The number of hydrogen-bond donors (Lipinski definition) is 1. The summed E-state index contributed by atoms with van der Waals surface area (Å²) < 4.78 is 56.3. The van der Waals surface area contributed by atoms with E-state index in [1.54, 1.807) is 36.4 Å². The summed E-state index contributed by atoms with van der Waals surface area (Å²) in [4.78, 5) is 32.4. The molecule has 1 heterocycles. The Bertz CT molecular complexity index is 1460. The fourth-order valence-electron chi connectivity index (χ4n) is 4.28. The van der Waals surface area contributed by atoms with Crippen LogP contribution in [0.4, 0.5) is 24.5 Å². The highest BCUT2D eigenvalue weighted by molar-refractivity contribution is 8.15. The zero-order valence-electron chi connectivity index (χ0n) is 23.9. The van der Waals surface area contributed by atoms with Crippen molar-refractivity contribution < 1.29 is 37.0 Å².